The largest absolute Gasteiger partial charge is 0.497 e. The molecule has 2 rings (SSSR count). The predicted octanol–water partition coefficient (Wildman–Crippen LogP) is 1.81. The lowest BCUT2D eigenvalue weighted by Crippen LogP contribution is -2.43. The molecule has 0 aliphatic heterocycles. The maximum Gasteiger partial charge on any atom is 0.315 e. The third kappa shape index (κ3) is 4.80. The van der Waals surface area contributed by atoms with Gasteiger partial charge in [0.2, 0.25) is 0 Å². The molecule has 0 bridgehead atoms. The van der Waals surface area contributed by atoms with E-state index in [-0.39, 0.29) is 18.2 Å². The summed E-state index contributed by atoms with van der Waals surface area (Å²) in [6.45, 7) is 0.398. The van der Waals surface area contributed by atoms with Crippen LogP contribution in [0, 0.1) is 0 Å². The van der Waals surface area contributed by atoms with E-state index in [4.69, 9.17) is 9.47 Å². The van der Waals surface area contributed by atoms with Gasteiger partial charge < -0.3 is 25.2 Å². The minimum atomic E-state index is -0.217. The van der Waals surface area contributed by atoms with Crippen LogP contribution in [0.1, 0.15) is 31.2 Å². The SMILES string of the molecule is COc1cc(CNC(=O)NC2CCC(O)CC2)cc(OC)c1. The molecule has 1 aromatic rings. The zero-order valence-corrected chi connectivity index (χ0v) is 13.1. The summed E-state index contributed by atoms with van der Waals surface area (Å²) in [6.07, 6.45) is 2.92. The Balaban J connectivity index is 1.83. The number of urea groups is 1. The molecule has 1 aromatic carbocycles. The number of carbonyl (C=O) groups is 1. The number of aliphatic hydroxyl groups excluding tert-OH is 1. The summed E-state index contributed by atoms with van der Waals surface area (Å²) in [6, 6.07) is 5.46. The highest BCUT2D eigenvalue weighted by atomic mass is 16.5. The maximum absolute atomic E-state index is 11.9. The number of hydrogen-bond donors (Lipinski definition) is 3. The van der Waals surface area contributed by atoms with Crippen molar-refractivity contribution in [3.8, 4) is 11.5 Å². The summed E-state index contributed by atoms with van der Waals surface area (Å²) in [5.41, 5.74) is 0.908. The van der Waals surface area contributed by atoms with E-state index in [1.807, 2.05) is 12.1 Å². The Hall–Kier alpha value is -1.95. The molecule has 1 aliphatic rings. The molecule has 6 heteroatoms. The van der Waals surface area contributed by atoms with Crippen molar-refractivity contribution in [3.05, 3.63) is 23.8 Å². The Labute approximate surface area is 130 Å². The first-order valence-electron chi connectivity index (χ1n) is 7.55. The van der Waals surface area contributed by atoms with Crippen LogP contribution in [0.2, 0.25) is 0 Å². The van der Waals surface area contributed by atoms with E-state index in [9.17, 15) is 9.90 Å². The topological polar surface area (TPSA) is 79.8 Å². The summed E-state index contributed by atoms with van der Waals surface area (Å²) >= 11 is 0. The van der Waals surface area contributed by atoms with Gasteiger partial charge in [-0.3, -0.25) is 0 Å². The molecule has 3 N–H and O–H groups in total. The zero-order chi connectivity index (χ0) is 15.9. The average Bonchev–Trinajstić information content (AvgIpc) is 2.54. The van der Waals surface area contributed by atoms with Crippen molar-refractivity contribution in [2.24, 2.45) is 0 Å². The molecule has 1 saturated carbocycles. The lowest BCUT2D eigenvalue weighted by Gasteiger charge is -2.26. The fraction of sp³-hybridized carbons (Fsp3) is 0.562. The maximum atomic E-state index is 11.9. The highest BCUT2D eigenvalue weighted by molar-refractivity contribution is 5.74. The Kier molecular flexibility index (Phi) is 5.89. The van der Waals surface area contributed by atoms with Crippen LogP contribution in [-0.4, -0.2) is 37.5 Å². The molecule has 0 saturated heterocycles. The summed E-state index contributed by atoms with van der Waals surface area (Å²) in [7, 11) is 3.19. The average molecular weight is 308 g/mol. The number of amides is 2. The van der Waals surface area contributed by atoms with Crippen LogP contribution in [-0.2, 0) is 6.54 Å². The van der Waals surface area contributed by atoms with Gasteiger partial charge >= 0.3 is 6.03 Å². The Morgan fingerprint density at radius 3 is 2.27 bits per heavy atom. The van der Waals surface area contributed by atoms with Crippen molar-refractivity contribution in [1.29, 1.82) is 0 Å². The smallest absolute Gasteiger partial charge is 0.315 e. The summed E-state index contributed by atoms with van der Waals surface area (Å²) in [4.78, 5) is 11.9. The van der Waals surface area contributed by atoms with Gasteiger partial charge in [-0.2, -0.15) is 0 Å². The fourth-order valence-corrected chi connectivity index (χ4v) is 2.61. The molecule has 2 amide bonds. The first-order valence-corrected chi connectivity index (χ1v) is 7.55. The van der Waals surface area contributed by atoms with Crippen LogP contribution in [0.25, 0.3) is 0 Å². The lowest BCUT2D eigenvalue weighted by atomic mass is 9.93. The second-order valence-corrected chi connectivity index (χ2v) is 5.55. The van der Waals surface area contributed by atoms with E-state index in [0.29, 0.717) is 18.0 Å². The van der Waals surface area contributed by atoms with Gasteiger partial charge in [-0.25, -0.2) is 4.79 Å². The third-order valence-corrected chi connectivity index (χ3v) is 3.90. The molecule has 0 unspecified atom stereocenters. The molecular formula is C16H24N2O4. The summed E-state index contributed by atoms with van der Waals surface area (Å²) in [5.74, 6) is 1.38. The molecular weight excluding hydrogens is 284 g/mol. The molecule has 0 heterocycles. The minimum absolute atomic E-state index is 0.142. The molecule has 1 fully saturated rings. The minimum Gasteiger partial charge on any atom is -0.497 e. The van der Waals surface area contributed by atoms with E-state index >= 15 is 0 Å². The number of benzene rings is 1. The van der Waals surface area contributed by atoms with E-state index in [1.165, 1.54) is 0 Å². The van der Waals surface area contributed by atoms with Gasteiger partial charge in [0.05, 0.1) is 20.3 Å². The standard InChI is InChI=1S/C16H24N2O4/c1-21-14-7-11(8-15(9-14)22-2)10-17-16(20)18-12-3-5-13(19)6-4-12/h7-9,12-13,19H,3-6,10H2,1-2H3,(H2,17,18,20). The van der Waals surface area contributed by atoms with Crippen molar-refractivity contribution in [3.63, 3.8) is 0 Å². The highest BCUT2D eigenvalue weighted by Crippen LogP contribution is 2.22. The fourth-order valence-electron chi connectivity index (χ4n) is 2.61. The van der Waals surface area contributed by atoms with Gasteiger partial charge in [0.15, 0.2) is 0 Å². The Morgan fingerprint density at radius 1 is 1.14 bits per heavy atom. The normalized spacial score (nSPS) is 21.0. The van der Waals surface area contributed by atoms with Crippen molar-refractivity contribution in [1.82, 2.24) is 10.6 Å². The van der Waals surface area contributed by atoms with Gasteiger partial charge in [-0.15, -0.1) is 0 Å². The number of rotatable bonds is 5. The Bertz CT molecular complexity index is 477. The highest BCUT2D eigenvalue weighted by Gasteiger charge is 2.20. The van der Waals surface area contributed by atoms with Crippen molar-refractivity contribution >= 4 is 6.03 Å². The number of methoxy groups -OCH3 is 2. The van der Waals surface area contributed by atoms with Crippen LogP contribution in [0.15, 0.2) is 18.2 Å². The van der Waals surface area contributed by atoms with Gasteiger partial charge in [0.1, 0.15) is 11.5 Å². The molecule has 0 aromatic heterocycles. The van der Waals surface area contributed by atoms with Gasteiger partial charge in [-0.05, 0) is 43.4 Å². The van der Waals surface area contributed by atoms with E-state index in [1.54, 1.807) is 20.3 Å². The molecule has 0 radical (unpaired) electrons. The van der Waals surface area contributed by atoms with Crippen LogP contribution in [0.4, 0.5) is 4.79 Å². The molecule has 6 nitrogen and oxygen atoms in total. The van der Waals surface area contributed by atoms with Crippen LogP contribution < -0.4 is 20.1 Å². The van der Waals surface area contributed by atoms with Crippen LogP contribution in [0.3, 0.4) is 0 Å². The molecule has 1 aliphatic carbocycles. The van der Waals surface area contributed by atoms with Crippen molar-refractivity contribution in [2.45, 2.75) is 44.4 Å². The molecule has 122 valence electrons. The van der Waals surface area contributed by atoms with Crippen molar-refractivity contribution < 1.29 is 19.4 Å². The van der Waals surface area contributed by atoms with E-state index in [0.717, 1.165) is 31.2 Å². The van der Waals surface area contributed by atoms with Crippen molar-refractivity contribution in [2.75, 3.05) is 14.2 Å². The first-order chi connectivity index (χ1) is 10.6. The summed E-state index contributed by atoms with van der Waals surface area (Å²) < 4.78 is 10.4. The second-order valence-electron chi connectivity index (χ2n) is 5.55. The molecule has 0 spiro atoms. The number of hydrogen-bond acceptors (Lipinski definition) is 4. The second kappa shape index (κ2) is 7.89. The molecule has 0 atom stereocenters. The van der Waals surface area contributed by atoms with Crippen LogP contribution >= 0.6 is 0 Å². The van der Waals surface area contributed by atoms with Crippen LogP contribution in [0.5, 0.6) is 11.5 Å². The lowest BCUT2D eigenvalue weighted by molar-refractivity contribution is 0.117. The predicted molar refractivity (Wildman–Crippen MR) is 83.2 cm³/mol. The monoisotopic (exact) mass is 308 g/mol. The zero-order valence-electron chi connectivity index (χ0n) is 13.1. The van der Waals surface area contributed by atoms with E-state index in [2.05, 4.69) is 10.6 Å². The number of carbonyl (C=O) groups excluding carboxylic acids is 1. The summed E-state index contributed by atoms with van der Waals surface area (Å²) in [5, 5.41) is 15.2. The first kappa shape index (κ1) is 16.4. The van der Waals surface area contributed by atoms with Gasteiger partial charge in [-0.1, -0.05) is 0 Å². The third-order valence-electron chi connectivity index (χ3n) is 3.90. The Morgan fingerprint density at radius 2 is 1.73 bits per heavy atom. The number of ether oxygens (including phenoxy) is 2. The quantitative estimate of drug-likeness (QED) is 0.775. The van der Waals surface area contributed by atoms with E-state index < -0.39 is 0 Å². The molecule has 22 heavy (non-hydrogen) atoms. The number of nitrogens with one attached hydrogen (secondary N) is 2. The van der Waals surface area contributed by atoms with Gasteiger partial charge in [0, 0.05) is 18.7 Å². The number of aliphatic hydroxyl groups is 1. The van der Waals surface area contributed by atoms with Gasteiger partial charge in [0.25, 0.3) is 0 Å².